The Morgan fingerprint density at radius 3 is 2.35 bits per heavy atom. The molecule has 0 aromatic carbocycles. The Bertz CT molecular complexity index is 497. The molecule has 0 radical (unpaired) electrons. The summed E-state index contributed by atoms with van der Waals surface area (Å²) < 4.78 is 36.8. The standard InChI is InChI=1S/C9H11ClF3N5O.ClH/c1-4-5(2)7(16-15-6(4)10)17-18(8(14)19)3-9(11,12)13;/h3H2,1-2H3,(H2,14,19)(H,16,17);1H. The number of carbonyl (C=O) groups excluding carboxylic acids is 1. The third-order valence-corrected chi connectivity index (χ3v) is 2.67. The Morgan fingerprint density at radius 2 is 1.90 bits per heavy atom. The number of halogens is 5. The van der Waals surface area contributed by atoms with Crippen LogP contribution >= 0.6 is 24.0 Å². The highest BCUT2D eigenvalue weighted by Crippen LogP contribution is 2.22. The molecule has 1 rings (SSSR count). The summed E-state index contributed by atoms with van der Waals surface area (Å²) in [5, 5.41) is 7.45. The molecule has 0 aliphatic rings. The molecule has 114 valence electrons. The molecule has 0 saturated heterocycles. The second-order valence-corrected chi connectivity index (χ2v) is 4.10. The number of primary amides is 1. The van der Waals surface area contributed by atoms with Crippen LogP contribution in [0.15, 0.2) is 0 Å². The molecule has 2 amide bonds. The van der Waals surface area contributed by atoms with E-state index in [1.165, 1.54) is 0 Å². The smallest absolute Gasteiger partial charge is 0.350 e. The monoisotopic (exact) mass is 333 g/mol. The third kappa shape index (κ3) is 4.89. The molecule has 1 aromatic heterocycles. The first-order valence-corrected chi connectivity index (χ1v) is 5.39. The van der Waals surface area contributed by atoms with Gasteiger partial charge in [-0.1, -0.05) is 11.6 Å². The van der Waals surface area contributed by atoms with Crippen molar-refractivity contribution in [2.24, 2.45) is 5.73 Å². The number of nitrogens with two attached hydrogens (primary N) is 1. The fourth-order valence-corrected chi connectivity index (χ4v) is 1.34. The van der Waals surface area contributed by atoms with Crippen molar-refractivity contribution in [3.63, 3.8) is 0 Å². The first-order valence-electron chi connectivity index (χ1n) is 5.01. The van der Waals surface area contributed by atoms with E-state index >= 15 is 0 Å². The molecule has 11 heteroatoms. The lowest BCUT2D eigenvalue weighted by Gasteiger charge is -2.23. The van der Waals surface area contributed by atoms with Crippen molar-refractivity contribution in [3.05, 3.63) is 16.3 Å². The Labute approximate surface area is 123 Å². The van der Waals surface area contributed by atoms with Crippen LogP contribution < -0.4 is 11.2 Å². The van der Waals surface area contributed by atoms with Crippen molar-refractivity contribution in [1.82, 2.24) is 15.2 Å². The SMILES string of the molecule is Cc1c(Cl)nnc(NN(CC(F)(F)F)C(N)=O)c1C.Cl. The quantitative estimate of drug-likeness (QED) is 0.832. The van der Waals surface area contributed by atoms with Crippen LogP contribution in [-0.2, 0) is 0 Å². The molecular formula is C9H12Cl2F3N5O. The van der Waals surface area contributed by atoms with Gasteiger partial charge in [0.15, 0.2) is 11.0 Å². The maximum Gasteiger partial charge on any atom is 0.408 e. The lowest BCUT2D eigenvalue weighted by molar-refractivity contribution is -0.137. The molecule has 0 spiro atoms. The van der Waals surface area contributed by atoms with Crippen LogP contribution in [0.4, 0.5) is 23.8 Å². The van der Waals surface area contributed by atoms with Gasteiger partial charge in [-0.05, 0) is 19.4 Å². The number of nitrogens with one attached hydrogen (secondary N) is 1. The van der Waals surface area contributed by atoms with Crippen LogP contribution in [0.1, 0.15) is 11.1 Å². The molecule has 0 atom stereocenters. The zero-order valence-corrected chi connectivity index (χ0v) is 12.0. The molecule has 0 saturated carbocycles. The Hall–Kier alpha value is -1.48. The summed E-state index contributed by atoms with van der Waals surface area (Å²) in [5.41, 5.74) is 8.04. The summed E-state index contributed by atoms with van der Waals surface area (Å²) in [6.07, 6.45) is -4.59. The van der Waals surface area contributed by atoms with Gasteiger partial charge in [0.25, 0.3) is 0 Å². The summed E-state index contributed by atoms with van der Waals surface area (Å²) in [4.78, 5) is 11.0. The van der Waals surface area contributed by atoms with E-state index in [9.17, 15) is 18.0 Å². The van der Waals surface area contributed by atoms with E-state index in [0.717, 1.165) is 0 Å². The summed E-state index contributed by atoms with van der Waals surface area (Å²) in [6.45, 7) is 1.64. The van der Waals surface area contributed by atoms with Gasteiger partial charge in [0, 0.05) is 5.56 Å². The average Bonchev–Trinajstić information content (AvgIpc) is 2.27. The lowest BCUT2D eigenvalue weighted by atomic mass is 10.2. The van der Waals surface area contributed by atoms with E-state index in [1.807, 2.05) is 0 Å². The molecule has 20 heavy (non-hydrogen) atoms. The van der Waals surface area contributed by atoms with Gasteiger partial charge >= 0.3 is 12.2 Å². The van der Waals surface area contributed by atoms with Gasteiger partial charge in [-0.15, -0.1) is 22.6 Å². The second-order valence-electron chi connectivity index (χ2n) is 3.74. The summed E-state index contributed by atoms with van der Waals surface area (Å²) >= 11 is 5.70. The van der Waals surface area contributed by atoms with Crippen LogP contribution in [0.2, 0.25) is 5.15 Å². The van der Waals surface area contributed by atoms with Crippen molar-refractivity contribution >= 4 is 35.9 Å². The van der Waals surface area contributed by atoms with Crippen LogP contribution in [-0.4, -0.2) is 34.0 Å². The first-order chi connectivity index (χ1) is 8.61. The van der Waals surface area contributed by atoms with E-state index in [1.54, 1.807) is 13.8 Å². The molecular weight excluding hydrogens is 322 g/mol. The lowest BCUT2D eigenvalue weighted by Crippen LogP contribution is -2.46. The number of hydrogen-bond acceptors (Lipinski definition) is 4. The van der Waals surface area contributed by atoms with E-state index in [2.05, 4.69) is 15.6 Å². The fourth-order valence-electron chi connectivity index (χ4n) is 1.16. The first kappa shape index (κ1) is 18.5. The number of rotatable bonds is 3. The molecule has 6 nitrogen and oxygen atoms in total. The van der Waals surface area contributed by atoms with Gasteiger partial charge in [-0.3, -0.25) is 5.43 Å². The minimum Gasteiger partial charge on any atom is -0.350 e. The van der Waals surface area contributed by atoms with Gasteiger partial charge in [-0.2, -0.15) is 13.2 Å². The molecule has 0 fully saturated rings. The van der Waals surface area contributed by atoms with E-state index < -0.39 is 18.8 Å². The summed E-state index contributed by atoms with van der Waals surface area (Å²) in [5.74, 6) is -0.0232. The molecule has 1 aromatic rings. The minimum atomic E-state index is -4.59. The summed E-state index contributed by atoms with van der Waals surface area (Å²) in [6, 6.07) is -1.29. The Kier molecular flexibility index (Phi) is 6.30. The zero-order valence-electron chi connectivity index (χ0n) is 10.5. The van der Waals surface area contributed by atoms with E-state index in [4.69, 9.17) is 17.3 Å². The number of aromatic nitrogens is 2. The number of carbonyl (C=O) groups is 1. The maximum absolute atomic E-state index is 12.3. The Balaban J connectivity index is 0.00000361. The van der Waals surface area contributed by atoms with Crippen LogP contribution in [0.5, 0.6) is 0 Å². The highest BCUT2D eigenvalue weighted by molar-refractivity contribution is 6.30. The van der Waals surface area contributed by atoms with Gasteiger partial charge < -0.3 is 5.73 Å². The predicted molar refractivity (Wildman–Crippen MR) is 69.7 cm³/mol. The number of nitrogens with zero attached hydrogens (tertiary/aromatic N) is 3. The van der Waals surface area contributed by atoms with E-state index in [-0.39, 0.29) is 28.4 Å². The van der Waals surface area contributed by atoms with Gasteiger partial charge in [0.05, 0.1) is 0 Å². The molecule has 0 aliphatic carbocycles. The molecule has 0 aliphatic heterocycles. The highest BCUT2D eigenvalue weighted by atomic mass is 35.5. The predicted octanol–water partition coefficient (Wildman–Crippen LogP) is 2.44. The zero-order chi connectivity index (χ0) is 14.8. The number of hydrogen-bond donors (Lipinski definition) is 2. The van der Waals surface area contributed by atoms with Gasteiger partial charge in [0.1, 0.15) is 6.54 Å². The van der Waals surface area contributed by atoms with Crippen molar-refractivity contribution in [2.45, 2.75) is 20.0 Å². The normalized spacial score (nSPS) is 10.7. The van der Waals surface area contributed by atoms with Gasteiger partial charge in [-0.25, -0.2) is 9.80 Å². The minimum absolute atomic E-state index is 0. The Morgan fingerprint density at radius 1 is 1.35 bits per heavy atom. The van der Waals surface area contributed by atoms with Crippen molar-refractivity contribution in [3.8, 4) is 0 Å². The van der Waals surface area contributed by atoms with Crippen LogP contribution in [0.25, 0.3) is 0 Å². The molecule has 0 bridgehead atoms. The number of hydrazine groups is 1. The van der Waals surface area contributed by atoms with Crippen molar-refractivity contribution in [1.29, 1.82) is 0 Å². The molecule has 0 unspecified atom stereocenters. The highest BCUT2D eigenvalue weighted by Gasteiger charge is 2.33. The van der Waals surface area contributed by atoms with Crippen LogP contribution in [0, 0.1) is 13.8 Å². The number of alkyl halides is 3. The molecule has 3 N–H and O–H groups in total. The van der Waals surface area contributed by atoms with Crippen molar-refractivity contribution < 1.29 is 18.0 Å². The fraction of sp³-hybridized carbons (Fsp3) is 0.444. The maximum atomic E-state index is 12.3. The topological polar surface area (TPSA) is 84.1 Å². The average molecular weight is 334 g/mol. The van der Waals surface area contributed by atoms with Crippen molar-refractivity contribution in [2.75, 3.05) is 12.0 Å². The molecule has 1 heterocycles. The van der Waals surface area contributed by atoms with E-state index in [0.29, 0.717) is 11.1 Å². The van der Waals surface area contributed by atoms with Gasteiger partial charge in [0.2, 0.25) is 0 Å². The third-order valence-electron chi connectivity index (χ3n) is 2.31. The largest absolute Gasteiger partial charge is 0.408 e. The second kappa shape index (κ2) is 6.80. The summed E-state index contributed by atoms with van der Waals surface area (Å²) in [7, 11) is 0. The number of anilines is 1. The number of amides is 2. The van der Waals surface area contributed by atoms with Crippen LogP contribution in [0.3, 0.4) is 0 Å². The number of urea groups is 1.